The van der Waals surface area contributed by atoms with E-state index in [4.69, 9.17) is 9.47 Å². The molecule has 3 aromatic carbocycles. The first-order chi connectivity index (χ1) is 18.3. The van der Waals surface area contributed by atoms with Gasteiger partial charge < -0.3 is 9.47 Å². The fourth-order valence-corrected chi connectivity index (χ4v) is 4.34. The number of carbonyl (C=O) groups excluding carboxylic acids is 2. The van der Waals surface area contributed by atoms with Gasteiger partial charge in [0.05, 0.1) is 16.7 Å². The van der Waals surface area contributed by atoms with Gasteiger partial charge in [0.15, 0.2) is 6.61 Å². The predicted molar refractivity (Wildman–Crippen MR) is 149 cm³/mol. The Morgan fingerprint density at radius 3 is 2.21 bits per heavy atom. The first-order valence-corrected chi connectivity index (χ1v) is 12.4. The molecule has 0 saturated heterocycles. The minimum absolute atomic E-state index is 0.00926. The Bertz CT molecular complexity index is 1340. The van der Waals surface area contributed by atoms with Crippen LogP contribution in [0.2, 0.25) is 0 Å². The number of rotatable bonds is 10. The molecule has 0 fully saturated rings. The molecular weight excluding hydrogens is 498 g/mol. The third-order valence-corrected chi connectivity index (χ3v) is 5.81. The van der Waals surface area contributed by atoms with Gasteiger partial charge in [0.2, 0.25) is 0 Å². The first-order valence-electron chi connectivity index (χ1n) is 12.4. The summed E-state index contributed by atoms with van der Waals surface area (Å²) in [5.74, 6) is -0.350. The molecule has 0 unspecified atom stereocenters. The summed E-state index contributed by atoms with van der Waals surface area (Å²) in [6.45, 7) is 10.9. The van der Waals surface area contributed by atoms with Crippen LogP contribution in [-0.2, 0) is 10.2 Å². The van der Waals surface area contributed by atoms with Crippen LogP contribution < -0.4 is 14.9 Å². The molecule has 0 atom stereocenters. The number of amides is 1. The molecule has 204 valence electrons. The highest BCUT2D eigenvalue weighted by molar-refractivity contribution is 5.93. The van der Waals surface area contributed by atoms with Gasteiger partial charge in [-0.1, -0.05) is 58.9 Å². The molecule has 3 aromatic rings. The second-order valence-corrected chi connectivity index (χ2v) is 11.0. The van der Waals surface area contributed by atoms with Crippen molar-refractivity contribution in [2.75, 3.05) is 6.61 Å². The number of hydrogen-bond donors (Lipinski definition) is 1. The Morgan fingerprint density at radius 1 is 0.949 bits per heavy atom. The smallest absolute Gasteiger partial charge is 0.343 e. The number of hydrazone groups is 1. The maximum absolute atomic E-state index is 12.5. The fourth-order valence-electron chi connectivity index (χ4n) is 4.34. The van der Waals surface area contributed by atoms with Crippen LogP contribution >= 0.6 is 0 Å². The number of nitro groups is 1. The quantitative estimate of drug-likeness (QED) is 0.112. The van der Waals surface area contributed by atoms with E-state index in [1.54, 1.807) is 24.3 Å². The van der Waals surface area contributed by atoms with Gasteiger partial charge in [-0.2, -0.15) is 5.10 Å². The Morgan fingerprint density at radius 2 is 1.59 bits per heavy atom. The monoisotopic (exact) mass is 531 g/mol. The maximum atomic E-state index is 12.5. The van der Waals surface area contributed by atoms with Crippen molar-refractivity contribution in [3.05, 3.63) is 99.6 Å². The van der Waals surface area contributed by atoms with Crippen molar-refractivity contribution < 1.29 is 24.0 Å². The lowest BCUT2D eigenvalue weighted by molar-refractivity contribution is -0.384. The van der Waals surface area contributed by atoms with Crippen molar-refractivity contribution in [1.82, 2.24) is 5.43 Å². The van der Waals surface area contributed by atoms with Gasteiger partial charge in [-0.25, -0.2) is 10.2 Å². The molecule has 1 amide bonds. The molecule has 39 heavy (non-hydrogen) atoms. The highest BCUT2D eigenvalue weighted by Gasteiger charge is 2.27. The van der Waals surface area contributed by atoms with E-state index in [1.807, 2.05) is 24.3 Å². The average molecular weight is 532 g/mol. The SMILES string of the molecule is CC(C)(C)CC(C)(C)c1ccc(OCC(=O)NN=Cc2ccccc2OC(=O)c2ccc([N+](=O)[O-])cc2)cc1. The van der Waals surface area contributed by atoms with Crippen LogP contribution in [0.4, 0.5) is 5.69 Å². The summed E-state index contributed by atoms with van der Waals surface area (Å²) in [7, 11) is 0. The lowest BCUT2D eigenvalue weighted by atomic mass is 9.72. The van der Waals surface area contributed by atoms with Crippen molar-refractivity contribution in [3.63, 3.8) is 0 Å². The topological polar surface area (TPSA) is 120 Å². The van der Waals surface area contributed by atoms with Crippen molar-refractivity contribution in [3.8, 4) is 11.5 Å². The van der Waals surface area contributed by atoms with Crippen molar-refractivity contribution >= 4 is 23.8 Å². The number of esters is 1. The lowest BCUT2D eigenvalue weighted by Gasteiger charge is -2.33. The van der Waals surface area contributed by atoms with Crippen LogP contribution in [0.1, 0.15) is 62.5 Å². The molecular formula is C30H33N3O6. The zero-order valence-corrected chi connectivity index (χ0v) is 22.8. The summed E-state index contributed by atoms with van der Waals surface area (Å²) in [4.78, 5) is 34.9. The summed E-state index contributed by atoms with van der Waals surface area (Å²) in [5.41, 5.74) is 4.28. The second-order valence-electron chi connectivity index (χ2n) is 11.0. The van der Waals surface area contributed by atoms with E-state index in [2.05, 4.69) is 45.1 Å². The van der Waals surface area contributed by atoms with Crippen LogP contribution in [0.15, 0.2) is 77.9 Å². The Kier molecular flexibility index (Phi) is 9.19. The molecule has 0 aliphatic heterocycles. The van der Waals surface area contributed by atoms with Crippen LogP contribution in [-0.4, -0.2) is 29.6 Å². The Labute approximate surface area is 228 Å². The molecule has 0 heterocycles. The maximum Gasteiger partial charge on any atom is 0.343 e. The number of nitro benzene ring substituents is 1. The zero-order chi connectivity index (χ0) is 28.6. The normalized spacial score (nSPS) is 11.7. The number of para-hydroxylation sites is 1. The molecule has 1 N–H and O–H groups in total. The predicted octanol–water partition coefficient (Wildman–Crippen LogP) is 6.06. The largest absolute Gasteiger partial charge is 0.484 e. The lowest BCUT2D eigenvalue weighted by Crippen LogP contribution is -2.25. The van der Waals surface area contributed by atoms with E-state index in [0.29, 0.717) is 11.3 Å². The summed E-state index contributed by atoms with van der Waals surface area (Å²) < 4.78 is 11.0. The van der Waals surface area contributed by atoms with Gasteiger partial charge >= 0.3 is 5.97 Å². The highest BCUT2D eigenvalue weighted by Crippen LogP contribution is 2.36. The van der Waals surface area contributed by atoms with E-state index in [-0.39, 0.29) is 34.4 Å². The number of non-ortho nitro benzene ring substituents is 1. The van der Waals surface area contributed by atoms with Crippen LogP contribution in [0.25, 0.3) is 0 Å². The molecule has 0 aliphatic carbocycles. The minimum Gasteiger partial charge on any atom is -0.484 e. The third-order valence-electron chi connectivity index (χ3n) is 5.81. The van der Waals surface area contributed by atoms with Gasteiger partial charge in [-0.3, -0.25) is 14.9 Å². The van der Waals surface area contributed by atoms with Gasteiger partial charge in [-0.05, 0) is 59.2 Å². The minimum atomic E-state index is -0.684. The number of benzene rings is 3. The van der Waals surface area contributed by atoms with E-state index >= 15 is 0 Å². The summed E-state index contributed by atoms with van der Waals surface area (Å²) in [6, 6.07) is 19.5. The molecule has 0 spiro atoms. The number of hydrogen-bond acceptors (Lipinski definition) is 7. The van der Waals surface area contributed by atoms with Gasteiger partial charge in [0.25, 0.3) is 11.6 Å². The summed E-state index contributed by atoms with van der Waals surface area (Å²) in [6.07, 6.45) is 2.38. The van der Waals surface area contributed by atoms with Gasteiger partial charge in [-0.15, -0.1) is 0 Å². The molecule has 0 aliphatic rings. The molecule has 0 aromatic heterocycles. The van der Waals surface area contributed by atoms with Crippen LogP contribution in [0, 0.1) is 15.5 Å². The number of ether oxygens (including phenoxy) is 2. The summed E-state index contributed by atoms with van der Waals surface area (Å²) in [5, 5.41) is 14.7. The zero-order valence-electron chi connectivity index (χ0n) is 22.8. The molecule has 9 heteroatoms. The summed E-state index contributed by atoms with van der Waals surface area (Å²) >= 11 is 0. The molecule has 0 saturated carbocycles. The third kappa shape index (κ3) is 8.77. The average Bonchev–Trinajstić information content (AvgIpc) is 2.87. The van der Waals surface area contributed by atoms with Gasteiger partial charge in [0, 0.05) is 17.7 Å². The highest BCUT2D eigenvalue weighted by atomic mass is 16.6. The van der Waals surface area contributed by atoms with Crippen molar-refractivity contribution in [2.45, 2.75) is 46.5 Å². The van der Waals surface area contributed by atoms with Crippen molar-refractivity contribution in [1.29, 1.82) is 0 Å². The Hall–Kier alpha value is -4.53. The van der Waals surface area contributed by atoms with E-state index < -0.39 is 16.8 Å². The molecule has 9 nitrogen and oxygen atoms in total. The van der Waals surface area contributed by atoms with Crippen molar-refractivity contribution in [2.24, 2.45) is 10.5 Å². The molecule has 3 rings (SSSR count). The fraction of sp³-hybridized carbons (Fsp3) is 0.300. The standard InChI is InChI=1S/C30H33N3O6/c1-29(2,3)20-30(4,5)23-12-16-25(17-13-23)38-19-27(34)32-31-18-22-8-6-7-9-26(22)39-28(35)21-10-14-24(15-11-21)33(36)37/h6-18H,19-20H2,1-5H3,(H,32,34). The molecule has 0 bridgehead atoms. The number of nitrogens with zero attached hydrogens (tertiary/aromatic N) is 2. The number of carbonyl (C=O) groups is 2. The van der Waals surface area contributed by atoms with E-state index in [0.717, 1.165) is 6.42 Å². The first kappa shape index (κ1) is 29.0. The van der Waals surface area contributed by atoms with Gasteiger partial charge in [0.1, 0.15) is 11.5 Å². The Balaban J connectivity index is 1.53. The van der Waals surface area contributed by atoms with Crippen LogP contribution in [0.5, 0.6) is 11.5 Å². The van der Waals surface area contributed by atoms with E-state index in [1.165, 1.54) is 36.0 Å². The molecule has 0 radical (unpaired) electrons. The number of nitrogens with one attached hydrogen (secondary N) is 1. The second kappa shape index (κ2) is 12.3. The van der Waals surface area contributed by atoms with E-state index in [9.17, 15) is 19.7 Å². The van der Waals surface area contributed by atoms with Crippen LogP contribution in [0.3, 0.4) is 0 Å².